The highest BCUT2D eigenvalue weighted by atomic mass is 32.2. The molecule has 12 heavy (non-hydrogen) atoms. The van der Waals surface area contributed by atoms with Gasteiger partial charge in [-0.15, -0.1) is 0 Å². The van der Waals surface area contributed by atoms with Crippen molar-refractivity contribution in [1.82, 2.24) is 0 Å². The first-order chi connectivity index (χ1) is 5.79. The molecule has 68 valence electrons. The molecule has 1 saturated heterocycles. The molecule has 6 atom stereocenters. The predicted molar refractivity (Wildman–Crippen MR) is 47.9 cm³/mol. The third kappa shape index (κ3) is 0.751. The molecule has 3 fully saturated rings. The number of hydrogen-bond donors (Lipinski definition) is 2. The van der Waals surface area contributed by atoms with Crippen molar-refractivity contribution in [2.45, 2.75) is 18.6 Å². The van der Waals surface area contributed by atoms with E-state index in [2.05, 4.69) is 0 Å². The minimum Gasteiger partial charge on any atom is -0.390 e. The molecule has 1 aliphatic heterocycles. The predicted octanol–water partition coefficient (Wildman–Crippen LogP) is 0.337. The molecule has 2 bridgehead atoms. The van der Waals surface area contributed by atoms with Crippen LogP contribution in [0.2, 0.25) is 0 Å². The van der Waals surface area contributed by atoms with Crippen LogP contribution in [0.1, 0.15) is 6.42 Å². The third-order valence-electron chi connectivity index (χ3n) is 4.04. The Balaban J connectivity index is 1.92. The second-order valence-electron chi connectivity index (χ2n) is 4.41. The molecule has 0 spiro atoms. The van der Waals surface area contributed by atoms with Crippen LogP contribution in [0, 0.1) is 23.7 Å². The van der Waals surface area contributed by atoms with Crippen molar-refractivity contribution in [2.24, 2.45) is 23.7 Å². The highest BCUT2D eigenvalue weighted by molar-refractivity contribution is 7.99. The van der Waals surface area contributed by atoms with Crippen LogP contribution in [-0.2, 0) is 0 Å². The monoisotopic (exact) mass is 186 g/mol. The lowest BCUT2D eigenvalue weighted by Crippen LogP contribution is -2.41. The zero-order chi connectivity index (χ0) is 8.29. The van der Waals surface area contributed by atoms with Crippen molar-refractivity contribution < 1.29 is 10.2 Å². The Hall–Kier alpha value is 0.270. The van der Waals surface area contributed by atoms with Crippen LogP contribution in [0.5, 0.6) is 0 Å². The van der Waals surface area contributed by atoms with Crippen LogP contribution in [0.3, 0.4) is 0 Å². The SMILES string of the molecule is OC1C(O)C2CC1C1CSCC21. The van der Waals surface area contributed by atoms with Crippen LogP contribution in [-0.4, -0.2) is 33.9 Å². The van der Waals surface area contributed by atoms with Crippen molar-refractivity contribution in [2.75, 3.05) is 11.5 Å². The van der Waals surface area contributed by atoms with E-state index >= 15 is 0 Å². The summed E-state index contributed by atoms with van der Waals surface area (Å²) in [7, 11) is 0. The maximum Gasteiger partial charge on any atom is 0.0833 e. The lowest BCUT2D eigenvalue weighted by atomic mass is 9.79. The van der Waals surface area contributed by atoms with Gasteiger partial charge in [-0.25, -0.2) is 0 Å². The van der Waals surface area contributed by atoms with Crippen molar-refractivity contribution in [3.8, 4) is 0 Å². The molecular weight excluding hydrogens is 172 g/mol. The van der Waals surface area contributed by atoms with Gasteiger partial charge >= 0.3 is 0 Å². The molecule has 6 unspecified atom stereocenters. The molecule has 3 aliphatic rings. The first-order valence-corrected chi connectivity index (χ1v) is 5.88. The standard InChI is InChI=1S/C9H14O2S/c10-8-4-1-5(9(8)11)7-3-12-2-6(4)7/h4-11H,1-3H2. The quantitative estimate of drug-likeness (QED) is 0.573. The maximum absolute atomic E-state index is 9.68. The van der Waals surface area contributed by atoms with E-state index in [9.17, 15) is 10.2 Å². The van der Waals surface area contributed by atoms with Crippen LogP contribution in [0.4, 0.5) is 0 Å². The fourth-order valence-electron chi connectivity index (χ4n) is 3.43. The summed E-state index contributed by atoms with van der Waals surface area (Å²) < 4.78 is 0. The van der Waals surface area contributed by atoms with Crippen LogP contribution >= 0.6 is 11.8 Å². The minimum atomic E-state index is -0.407. The van der Waals surface area contributed by atoms with Gasteiger partial charge in [-0.05, 0) is 41.6 Å². The third-order valence-corrected chi connectivity index (χ3v) is 5.28. The molecule has 3 heteroatoms. The number of rotatable bonds is 0. The highest BCUT2D eigenvalue weighted by Gasteiger charge is 2.58. The van der Waals surface area contributed by atoms with Gasteiger partial charge in [-0.3, -0.25) is 0 Å². The van der Waals surface area contributed by atoms with E-state index in [-0.39, 0.29) is 0 Å². The molecule has 2 N–H and O–H groups in total. The fraction of sp³-hybridized carbons (Fsp3) is 1.00. The van der Waals surface area contributed by atoms with Crippen molar-refractivity contribution in [3.05, 3.63) is 0 Å². The molecule has 2 nitrogen and oxygen atoms in total. The van der Waals surface area contributed by atoms with E-state index in [1.54, 1.807) is 0 Å². The van der Waals surface area contributed by atoms with E-state index < -0.39 is 12.2 Å². The summed E-state index contributed by atoms with van der Waals surface area (Å²) in [6.07, 6.45) is 0.267. The minimum absolute atomic E-state index is 0.407. The average molecular weight is 186 g/mol. The van der Waals surface area contributed by atoms with Crippen molar-refractivity contribution in [1.29, 1.82) is 0 Å². The molecule has 0 aromatic heterocycles. The van der Waals surface area contributed by atoms with Gasteiger partial charge in [0.15, 0.2) is 0 Å². The Morgan fingerprint density at radius 2 is 1.33 bits per heavy atom. The van der Waals surface area contributed by atoms with Gasteiger partial charge in [0, 0.05) is 0 Å². The zero-order valence-electron chi connectivity index (χ0n) is 6.89. The van der Waals surface area contributed by atoms with Gasteiger partial charge in [0.1, 0.15) is 0 Å². The summed E-state index contributed by atoms with van der Waals surface area (Å²) in [5.74, 6) is 4.72. The zero-order valence-corrected chi connectivity index (χ0v) is 7.70. The smallest absolute Gasteiger partial charge is 0.0833 e. The van der Waals surface area contributed by atoms with Gasteiger partial charge in [0.2, 0.25) is 0 Å². The molecule has 1 heterocycles. The molecular formula is C9H14O2S. The first-order valence-electron chi connectivity index (χ1n) is 4.73. The second-order valence-corrected chi connectivity index (χ2v) is 5.48. The summed E-state index contributed by atoms with van der Waals surface area (Å²) in [5.41, 5.74) is 0. The second kappa shape index (κ2) is 2.40. The largest absolute Gasteiger partial charge is 0.390 e. The molecule has 2 aliphatic carbocycles. The molecule has 2 saturated carbocycles. The number of aliphatic hydroxyl groups is 2. The van der Waals surface area contributed by atoms with Crippen LogP contribution in [0.15, 0.2) is 0 Å². The van der Waals surface area contributed by atoms with Gasteiger partial charge in [-0.1, -0.05) is 0 Å². The number of thioether (sulfide) groups is 1. The van der Waals surface area contributed by atoms with E-state index in [1.165, 1.54) is 11.5 Å². The summed E-state index contributed by atoms with van der Waals surface area (Å²) in [6.45, 7) is 0. The lowest BCUT2D eigenvalue weighted by molar-refractivity contribution is -0.0460. The Morgan fingerprint density at radius 3 is 1.83 bits per heavy atom. The molecule has 0 radical (unpaired) electrons. The van der Waals surface area contributed by atoms with Gasteiger partial charge in [0.05, 0.1) is 12.2 Å². The number of fused-ring (bicyclic) bond motifs is 5. The number of aliphatic hydroxyl groups excluding tert-OH is 2. The van der Waals surface area contributed by atoms with Crippen LogP contribution in [0.25, 0.3) is 0 Å². The maximum atomic E-state index is 9.68. The summed E-state index contributed by atoms with van der Waals surface area (Å²) in [5, 5.41) is 19.4. The topological polar surface area (TPSA) is 40.5 Å². The Labute approximate surface area is 76.4 Å². The van der Waals surface area contributed by atoms with Crippen LogP contribution < -0.4 is 0 Å². The molecule has 0 aromatic carbocycles. The van der Waals surface area contributed by atoms with Gasteiger partial charge < -0.3 is 10.2 Å². The average Bonchev–Trinajstić information content (AvgIpc) is 2.63. The van der Waals surface area contributed by atoms with Gasteiger partial charge in [-0.2, -0.15) is 11.8 Å². The van der Waals surface area contributed by atoms with E-state index in [0.717, 1.165) is 18.3 Å². The fourth-order valence-corrected chi connectivity index (χ4v) is 5.09. The number of hydrogen-bond acceptors (Lipinski definition) is 3. The molecule has 0 aromatic rings. The summed E-state index contributed by atoms with van der Waals surface area (Å²) in [4.78, 5) is 0. The van der Waals surface area contributed by atoms with Gasteiger partial charge in [0.25, 0.3) is 0 Å². The summed E-state index contributed by atoms with van der Waals surface area (Å²) in [6, 6.07) is 0. The van der Waals surface area contributed by atoms with E-state index in [4.69, 9.17) is 0 Å². The Bertz CT molecular complexity index is 189. The Morgan fingerprint density at radius 1 is 0.833 bits per heavy atom. The van der Waals surface area contributed by atoms with E-state index in [0.29, 0.717) is 11.8 Å². The summed E-state index contributed by atoms with van der Waals surface area (Å²) >= 11 is 2.00. The molecule has 0 amide bonds. The van der Waals surface area contributed by atoms with E-state index in [1.807, 2.05) is 11.8 Å². The first kappa shape index (κ1) is 7.65. The normalized spacial score (nSPS) is 62.5. The lowest BCUT2D eigenvalue weighted by Gasteiger charge is -2.31. The highest BCUT2D eigenvalue weighted by Crippen LogP contribution is 2.57. The Kier molecular flexibility index (Phi) is 1.53. The molecule has 3 rings (SSSR count). The van der Waals surface area contributed by atoms with Crippen molar-refractivity contribution >= 4 is 11.8 Å². The van der Waals surface area contributed by atoms with Crippen molar-refractivity contribution in [3.63, 3.8) is 0 Å².